The van der Waals surface area contributed by atoms with Crippen molar-refractivity contribution >= 4 is 17.7 Å². The van der Waals surface area contributed by atoms with Crippen molar-refractivity contribution in [2.24, 2.45) is 0 Å². The predicted molar refractivity (Wildman–Crippen MR) is 99.7 cm³/mol. The first-order valence-corrected chi connectivity index (χ1v) is 9.27. The van der Waals surface area contributed by atoms with E-state index in [0.29, 0.717) is 13.1 Å². The number of nitrogens with zero attached hydrogens (tertiary/aromatic N) is 2. The van der Waals surface area contributed by atoms with E-state index in [-0.39, 0.29) is 12.0 Å². The normalized spacial score (nSPS) is 21.0. The van der Waals surface area contributed by atoms with Crippen molar-refractivity contribution in [3.63, 3.8) is 0 Å². The Hall–Kier alpha value is -1.85. The minimum Gasteiger partial charge on any atom is -0.378 e. The number of hydrogen-bond acceptors (Lipinski definition) is 4. The van der Waals surface area contributed by atoms with E-state index >= 15 is 0 Å². The summed E-state index contributed by atoms with van der Waals surface area (Å²) < 4.78 is 11.0. The Labute approximate surface area is 150 Å². The van der Waals surface area contributed by atoms with Crippen LogP contribution in [-0.2, 0) is 14.3 Å². The van der Waals surface area contributed by atoms with Gasteiger partial charge in [0.05, 0.1) is 19.3 Å². The highest BCUT2D eigenvalue weighted by molar-refractivity contribution is 5.91. The second kappa shape index (κ2) is 9.02. The quantitative estimate of drug-likeness (QED) is 0.744. The maximum atomic E-state index is 12.4. The largest absolute Gasteiger partial charge is 0.378 e. The molecule has 2 heterocycles. The average molecular weight is 344 g/mol. The number of morpholine rings is 1. The number of amides is 1. The molecule has 0 unspecified atom stereocenters. The zero-order chi connectivity index (χ0) is 17.5. The Bertz CT molecular complexity index is 573. The van der Waals surface area contributed by atoms with Gasteiger partial charge in [0.2, 0.25) is 5.91 Å². The van der Waals surface area contributed by atoms with Crippen LogP contribution in [0.15, 0.2) is 30.3 Å². The van der Waals surface area contributed by atoms with Crippen molar-refractivity contribution in [2.45, 2.75) is 25.9 Å². The third kappa shape index (κ3) is 5.06. The maximum Gasteiger partial charge on any atom is 0.246 e. The Morgan fingerprint density at radius 1 is 1.24 bits per heavy atom. The molecule has 2 aliphatic heterocycles. The highest BCUT2D eigenvalue weighted by Gasteiger charge is 2.20. The number of benzene rings is 1. The van der Waals surface area contributed by atoms with E-state index in [4.69, 9.17) is 9.47 Å². The van der Waals surface area contributed by atoms with E-state index in [2.05, 4.69) is 29.2 Å². The number of carbonyl (C=O) groups excluding carboxylic acids is 1. The lowest BCUT2D eigenvalue weighted by Crippen LogP contribution is -2.36. The monoisotopic (exact) mass is 344 g/mol. The minimum atomic E-state index is 0.0512. The van der Waals surface area contributed by atoms with Gasteiger partial charge in [-0.25, -0.2) is 0 Å². The molecule has 2 saturated heterocycles. The lowest BCUT2D eigenvalue weighted by atomic mass is 10.1. The summed E-state index contributed by atoms with van der Waals surface area (Å²) in [7, 11) is 0. The van der Waals surface area contributed by atoms with Gasteiger partial charge in [-0.15, -0.1) is 0 Å². The summed E-state index contributed by atoms with van der Waals surface area (Å²) >= 11 is 0. The van der Waals surface area contributed by atoms with E-state index < -0.39 is 0 Å². The van der Waals surface area contributed by atoms with Gasteiger partial charge in [-0.1, -0.05) is 12.1 Å². The van der Waals surface area contributed by atoms with Crippen molar-refractivity contribution in [1.82, 2.24) is 4.90 Å². The third-order valence-corrected chi connectivity index (χ3v) is 4.83. The summed E-state index contributed by atoms with van der Waals surface area (Å²) in [6.45, 7) is 7.67. The van der Waals surface area contributed by atoms with Gasteiger partial charge in [0.15, 0.2) is 0 Å². The molecule has 3 rings (SSSR count). The Morgan fingerprint density at radius 3 is 2.64 bits per heavy atom. The first-order chi connectivity index (χ1) is 12.3. The van der Waals surface area contributed by atoms with E-state index in [1.54, 1.807) is 6.08 Å². The zero-order valence-corrected chi connectivity index (χ0v) is 15.0. The van der Waals surface area contributed by atoms with Crippen molar-refractivity contribution in [2.75, 3.05) is 50.9 Å². The zero-order valence-electron chi connectivity index (χ0n) is 15.0. The van der Waals surface area contributed by atoms with Crippen molar-refractivity contribution in [3.8, 4) is 0 Å². The maximum absolute atomic E-state index is 12.4. The van der Waals surface area contributed by atoms with Crippen molar-refractivity contribution in [3.05, 3.63) is 35.9 Å². The fourth-order valence-corrected chi connectivity index (χ4v) is 3.30. The van der Waals surface area contributed by atoms with Crippen LogP contribution >= 0.6 is 0 Å². The van der Waals surface area contributed by atoms with Crippen LogP contribution in [0.25, 0.3) is 6.08 Å². The Kier molecular flexibility index (Phi) is 6.48. The molecule has 0 aliphatic carbocycles. The average Bonchev–Trinajstić information content (AvgIpc) is 3.18. The molecule has 0 saturated carbocycles. The number of anilines is 1. The number of ether oxygens (including phenoxy) is 2. The summed E-state index contributed by atoms with van der Waals surface area (Å²) in [6, 6.07) is 8.34. The molecule has 1 aromatic rings. The summed E-state index contributed by atoms with van der Waals surface area (Å²) in [5.74, 6) is 0.0512. The molecule has 1 amide bonds. The van der Waals surface area contributed by atoms with E-state index in [0.717, 1.165) is 51.3 Å². The van der Waals surface area contributed by atoms with Gasteiger partial charge in [0.1, 0.15) is 0 Å². The molecule has 25 heavy (non-hydrogen) atoms. The Balaban J connectivity index is 1.55. The van der Waals surface area contributed by atoms with Crippen molar-refractivity contribution in [1.29, 1.82) is 0 Å². The van der Waals surface area contributed by atoms with Crippen LogP contribution in [0.3, 0.4) is 0 Å². The van der Waals surface area contributed by atoms with Gasteiger partial charge < -0.3 is 19.3 Å². The summed E-state index contributed by atoms with van der Waals surface area (Å²) in [6.07, 6.45) is 5.91. The lowest BCUT2D eigenvalue weighted by molar-refractivity contribution is -0.127. The Morgan fingerprint density at radius 2 is 2.00 bits per heavy atom. The highest BCUT2D eigenvalue weighted by Crippen LogP contribution is 2.18. The fraction of sp³-hybridized carbons (Fsp3) is 0.550. The smallest absolute Gasteiger partial charge is 0.246 e. The minimum absolute atomic E-state index is 0.0512. The molecule has 1 atom stereocenters. The van der Waals surface area contributed by atoms with E-state index in [1.165, 1.54) is 5.69 Å². The number of rotatable bonds is 6. The van der Waals surface area contributed by atoms with Crippen LogP contribution in [0.4, 0.5) is 5.69 Å². The highest BCUT2D eigenvalue weighted by atomic mass is 16.5. The molecule has 0 spiro atoms. The molecule has 0 radical (unpaired) electrons. The molecule has 5 heteroatoms. The fourth-order valence-electron chi connectivity index (χ4n) is 3.30. The van der Waals surface area contributed by atoms with Gasteiger partial charge in [0.25, 0.3) is 0 Å². The first-order valence-electron chi connectivity index (χ1n) is 9.27. The van der Waals surface area contributed by atoms with Crippen LogP contribution < -0.4 is 4.90 Å². The third-order valence-electron chi connectivity index (χ3n) is 4.83. The van der Waals surface area contributed by atoms with Crippen LogP contribution in [0, 0.1) is 0 Å². The van der Waals surface area contributed by atoms with Gasteiger partial charge in [-0.05, 0) is 43.5 Å². The van der Waals surface area contributed by atoms with Gasteiger partial charge in [-0.3, -0.25) is 4.79 Å². The lowest BCUT2D eigenvalue weighted by Gasteiger charge is -2.28. The number of likely N-dealkylation sites (N-methyl/N-ethyl adjacent to an activating group) is 1. The van der Waals surface area contributed by atoms with E-state index in [1.807, 2.05) is 17.9 Å². The first kappa shape index (κ1) is 18.0. The molecule has 2 aliphatic rings. The van der Waals surface area contributed by atoms with Crippen LogP contribution in [0.1, 0.15) is 25.3 Å². The standard InChI is InChI=1S/C20H28N2O3/c1-2-21(16-19-4-3-13-25-19)20(23)10-7-17-5-8-18(9-6-17)22-11-14-24-15-12-22/h5-10,19H,2-4,11-16H2,1H3/b10-7+/t19-/m0/s1. The molecule has 0 N–H and O–H groups in total. The number of hydrogen-bond donors (Lipinski definition) is 0. The summed E-state index contributed by atoms with van der Waals surface area (Å²) in [5, 5.41) is 0. The molecule has 5 nitrogen and oxygen atoms in total. The van der Waals surface area contributed by atoms with Gasteiger partial charge >= 0.3 is 0 Å². The molecular formula is C20H28N2O3. The van der Waals surface area contributed by atoms with Crippen LogP contribution in [-0.4, -0.2) is 62.9 Å². The second-order valence-electron chi connectivity index (χ2n) is 6.54. The van der Waals surface area contributed by atoms with Crippen LogP contribution in [0.2, 0.25) is 0 Å². The molecule has 2 fully saturated rings. The number of carbonyl (C=O) groups is 1. The van der Waals surface area contributed by atoms with Gasteiger partial charge in [-0.2, -0.15) is 0 Å². The summed E-state index contributed by atoms with van der Waals surface area (Å²) in [5.41, 5.74) is 2.25. The summed E-state index contributed by atoms with van der Waals surface area (Å²) in [4.78, 5) is 16.6. The molecule has 0 bridgehead atoms. The predicted octanol–water partition coefficient (Wildman–Crippen LogP) is 2.56. The second-order valence-corrected chi connectivity index (χ2v) is 6.54. The van der Waals surface area contributed by atoms with E-state index in [9.17, 15) is 4.79 Å². The van der Waals surface area contributed by atoms with Crippen LogP contribution in [0.5, 0.6) is 0 Å². The van der Waals surface area contributed by atoms with Gasteiger partial charge in [0, 0.05) is 44.5 Å². The molecular weight excluding hydrogens is 316 g/mol. The topological polar surface area (TPSA) is 42.0 Å². The molecule has 1 aromatic carbocycles. The molecule has 0 aromatic heterocycles. The SMILES string of the molecule is CCN(C[C@@H]1CCCO1)C(=O)/C=C/c1ccc(N2CCOCC2)cc1. The van der Waals surface area contributed by atoms with Crippen molar-refractivity contribution < 1.29 is 14.3 Å². The molecule has 136 valence electrons.